The standard InChI is InChI=1S/C30H20N4O4S/c31-29-16-15-28(39-29)30-26-4-2-1-3-19(26)17-20-5-6-25(18-27(20)30)32(21-7-11-23(12-8-21)33(35)36)22-9-13-24(14-10-22)34(37)38/h1-18H,31H2. The van der Waals surface area contributed by atoms with Gasteiger partial charge in [-0.2, -0.15) is 0 Å². The Balaban J connectivity index is 1.60. The van der Waals surface area contributed by atoms with Gasteiger partial charge in [-0.15, -0.1) is 11.3 Å². The van der Waals surface area contributed by atoms with Gasteiger partial charge in [0.2, 0.25) is 0 Å². The van der Waals surface area contributed by atoms with Crippen LogP contribution in [0.1, 0.15) is 0 Å². The van der Waals surface area contributed by atoms with Crippen molar-refractivity contribution in [3.8, 4) is 10.4 Å². The summed E-state index contributed by atoms with van der Waals surface area (Å²) in [5.41, 5.74) is 9.29. The summed E-state index contributed by atoms with van der Waals surface area (Å²) < 4.78 is 0. The normalized spacial score (nSPS) is 11.1. The van der Waals surface area contributed by atoms with E-state index in [9.17, 15) is 20.2 Å². The molecule has 0 fully saturated rings. The van der Waals surface area contributed by atoms with Crippen molar-refractivity contribution in [3.05, 3.63) is 129 Å². The van der Waals surface area contributed by atoms with Crippen LogP contribution in [0.4, 0.5) is 33.4 Å². The minimum atomic E-state index is -0.444. The lowest BCUT2D eigenvalue weighted by molar-refractivity contribution is -0.385. The molecule has 8 nitrogen and oxygen atoms in total. The number of fused-ring (bicyclic) bond motifs is 2. The van der Waals surface area contributed by atoms with E-state index in [1.807, 2.05) is 41.3 Å². The van der Waals surface area contributed by atoms with Gasteiger partial charge in [-0.05, 0) is 76.1 Å². The SMILES string of the molecule is Nc1ccc(-c2c3ccccc3cc3ccc(N(c4ccc([N+](=O)[O-])cc4)c4ccc([N+](=O)[O-])cc4)cc23)s1. The molecule has 0 saturated carbocycles. The molecule has 0 amide bonds. The molecule has 0 radical (unpaired) electrons. The highest BCUT2D eigenvalue weighted by molar-refractivity contribution is 7.19. The first kappa shape index (κ1) is 24.1. The third-order valence-electron chi connectivity index (χ3n) is 6.62. The lowest BCUT2D eigenvalue weighted by Gasteiger charge is -2.26. The van der Waals surface area contributed by atoms with E-state index in [0.717, 1.165) is 42.7 Å². The molecule has 0 aliphatic heterocycles. The van der Waals surface area contributed by atoms with Gasteiger partial charge >= 0.3 is 0 Å². The molecule has 0 aliphatic rings. The van der Waals surface area contributed by atoms with E-state index in [4.69, 9.17) is 5.73 Å². The summed E-state index contributed by atoms with van der Waals surface area (Å²) in [6, 6.07) is 32.9. The molecular formula is C30H20N4O4S. The van der Waals surface area contributed by atoms with Gasteiger partial charge in [0.15, 0.2) is 0 Å². The summed E-state index contributed by atoms with van der Waals surface area (Å²) in [7, 11) is 0. The Bertz CT molecular complexity index is 1820. The highest BCUT2D eigenvalue weighted by atomic mass is 32.1. The van der Waals surface area contributed by atoms with Gasteiger partial charge < -0.3 is 10.6 Å². The van der Waals surface area contributed by atoms with E-state index in [1.165, 1.54) is 35.6 Å². The zero-order valence-electron chi connectivity index (χ0n) is 20.4. The predicted octanol–water partition coefficient (Wildman–Crippen LogP) is 8.59. The molecule has 0 aliphatic carbocycles. The molecule has 6 aromatic rings. The Hall–Kier alpha value is -5.28. The average Bonchev–Trinajstić information content (AvgIpc) is 3.38. The molecule has 190 valence electrons. The third kappa shape index (κ3) is 4.41. The summed E-state index contributed by atoms with van der Waals surface area (Å²) in [4.78, 5) is 24.6. The van der Waals surface area contributed by atoms with Crippen LogP contribution in [-0.2, 0) is 0 Å². The third-order valence-corrected chi connectivity index (χ3v) is 7.55. The first-order valence-corrected chi connectivity index (χ1v) is 12.8. The van der Waals surface area contributed by atoms with Crippen LogP contribution in [0.5, 0.6) is 0 Å². The van der Waals surface area contributed by atoms with Crippen molar-refractivity contribution in [3.63, 3.8) is 0 Å². The van der Waals surface area contributed by atoms with E-state index in [2.05, 4.69) is 24.3 Å². The van der Waals surface area contributed by atoms with Gasteiger partial charge in [-0.1, -0.05) is 30.3 Å². The second-order valence-electron chi connectivity index (χ2n) is 8.96. The minimum absolute atomic E-state index is 0.0232. The second kappa shape index (κ2) is 9.55. The summed E-state index contributed by atoms with van der Waals surface area (Å²) >= 11 is 1.52. The van der Waals surface area contributed by atoms with Crippen molar-refractivity contribution in [2.75, 3.05) is 10.6 Å². The molecule has 0 unspecified atom stereocenters. The van der Waals surface area contributed by atoms with Crippen molar-refractivity contribution in [1.82, 2.24) is 0 Å². The molecule has 1 aromatic heterocycles. The Kier molecular flexibility index (Phi) is 5.90. The maximum atomic E-state index is 11.3. The topological polar surface area (TPSA) is 116 Å². The molecule has 0 bridgehead atoms. The van der Waals surface area contributed by atoms with Crippen LogP contribution in [0.25, 0.3) is 32.0 Å². The monoisotopic (exact) mass is 532 g/mol. The van der Waals surface area contributed by atoms with Gasteiger partial charge in [0, 0.05) is 51.8 Å². The molecule has 39 heavy (non-hydrogen) atoms. The van der Waals surface area contributed by atoms with Gasteiger partial charge in [-0.25, -0.2) is 0 Å². The molecule has 2 N–H and O–H groups in total. The van der Waals surface area contributed by atoms with E-state index >= 15 is 0 Å². The van der Waals surface area contributed by atoms with E-state index < -0.39 is 9.85 Å². The highest BCUT2D eigenvalue weighted by Gasteiger charge is 2.18. The zero-order chi connectivity index (χ0) is 27.1. The Labute approximate surface area is 226 Å². The summed E-state index contributed by atoms with van der Waals surface area (Å²) in [6.07, 6.45) is 0. The number of thiophene rings is 1. The van der Waals surface area contributed by atoms with Gasteiger partial charge in [0.05, 0.1) is 14.8 Å². The quantitative estimate of drug-likeness (QED) is 0.130. The van der Waals surface area contributed by atoms with Crippen molar-refractivity contribution in [1.29, 1.82) is 0 Å². The molecule has 1 heterocycles. The zero-order valence-corrected chi connectivity index (χ0v) is 21.2. The number of hydrogen-bond acceptors (Lipinski definition) is 7. The van der Waals surface area contributed by atoms with Gasteiger partial charge in [-0.3, -0.25) is 20.2 Å². The second-order valence-corrected chi connectivity index (χ2v) is 10.1. The predicted molar refractivity (Wildman–Crippen MR) is 157 cm³/mol. The number of hydrogen-bond donors (Lipinski definition) is 1. The molecule has 6 rings (SSSR count). The summed E-state index contributed by atoms with van der Waals surface area (Å²) in [6.45, 7) is 0. The van der Waals surface area contributed by atoms with Crippen LogP contribution in [0.2, 0.25) is 0 Å². The number of nitrogen functional groups attached to an aromatic ring is 1. The molecule has 9 heteroatoms. The van der Waals surface area contributed by atoms with Crippen LogP contribution in [-0.4, -0.2) is 9.85 Å². The van der Waals surface area contributed by atoms with E-state index in [1.54, 1.807) is 24.3 Å². The number of nitrogens with two attached hydrogens (primary N) is 1. The molecule has 0 atom stereocenters. The fourth-order valence-corrected chi connectivity index (χ4v) is 5.68. The number of rotatable bonds is 6. The maximum Gasteiger partial charge on any atom is 0.269 e. The Morgan fingerprint density at radius 1 is 0.615 bits per heavy atom. The Morgan fingerprint density at radius 3 is 1.74 bits per heavy atom. The van der Waals surface area contributed by atoms with Gasteiger partial charge in [0.25, 0.3) is 11.4 Å². The van der Waals surface area contributed by atoms with E-state index in [-0.39, 0.29) is 11.4 Å². The fourth-order valence-electron chi connectivity index (χ4n) is 4.84. The highest BCUT2D eigenvalue weighted by Crippen LogP contribution is 2.43. The lowest BCUT2D eigenvalue weighted by atomic mass is 9.95. The lowest BCUT2D eigenvalue weighted by Crippen LogP contribution is -2.10. The van der Waals surface area contributed by atoms with Crippen molar-refractivity contribution in [2.45, 2.75) is 0 Å². The number of nitro benzene ring substituents is 2. The number of nitrogens with zero attached hydrogens (tertiary/aromatic N) is 3. The smallest absolute Gasteiger partial charge is 0.269 e. The molecule has 5 aromatic carbocycles. The Morgan fingerprint density at radius 2 is 1.18 bits per heavy atom. The molecular weight excluding hydrogens is 512 g/mol. The first-order valence-electron chi connectivity index (χ1n) is 12.0. The van der Waals surface area contributed by atoms with Crippen molar-refractivity contribution in [2.24, 2.45) is 0 Å². The number of non-ortho nitro benzene ring substituents is 2. The van der Waals surface area contributed by atoms with Crippen molar-refractivity contribution < 1.29 is 9.85 Å². The minimum Gasteiger partial charge on any atom is -0.391 e. The number of benzene rings is 5. The van der Waals surface area contributed by atoms with E-state index in [0.29, 0.717) is 11.4 Å². The average molecular weight is 533 g/mol. The van der Waals surface area contributed by atoms with Crippen LogP contribution in [0.15, 0.2) is 109 Å². The van der Waals surface area contributed by atoms with Crippen LogP contribution >= 0.6 is 11.3 Å². The number of nitro groups is 2. The summed E-state index contributed by atoms with van der Waals surface area (Å²) in [5.74, 6) is 0. The maximum absolute atomic E-state index is 11.3. The van der Waals surface area contributed by atoms with Gasteiger partial charge in [0.1, 0.15) is 0 Å². The van der Waals surface area contributed by atoms with Crippen LogP contribution < -0.4 is 10.6 Å². The fraction of sp³-hybridized carbons (Fsp3) is 0. The first-order chi connectivity index (χ1) is 18.9. The van der Waals surface area contributed by atoms with Crippen LogP contribution in [0.3, 0.4) is 0 Å². The van der Waals surface area contributed by atoms with Crippen LogP contribution in [0, 0.1) is 20.2 Å². The largest absolute Gasteiger partial charge is 0.391 e. The molecule has 0 spiro atoms. The summed E-state index contributed by atoms with van der Waals surface area (Å²) in [5, 5.41) is 27.5. The number of anilines is 4. The molecule has 0 saturated heterocycles. The van der Waals surface area contributed by atoms with Crippen molar-refractivity contribution >= 4 is 66.3 Å².